The van der Waals surface area contributed by atoms with Crippen LogP contribution >= 0.6 is 0 Å². The Morgan fingerprint density at radius 3 is 2.33 bits per heavy atom. The van der Waals surface area contributed by atoms with Crippen molar-refractivity contribution < 1.29 is 12.8 Å². The quantitative estimate of drug-likeness (QED) is 0.634. The second kappa shape index (κ2) is 2.98. The average molecular weight is 187 g/mol. The summed E-state index contributed by atoms with van der Waals surface area (Å²) in [6, 6.07) is 0. The Labute approximate surface area is 68.7 Å². The largest absolute Gasteiger partial charge is 0.251 e. The van der Waals surface area contributed by atoms with Gasteiger partial charge in [0.15, 0.2) is 5.82 Å². The zero-order valence-corrected chi connectivity index (χ0v) is 6.75. The van der Waals surface area contributed by atoms with Gasteiger partial charge < -0.3 is 0 Å². The summed E-state index contributed by atoms with van der Waals surface area (Å²) in [5.74, 6) is -0.682. The summed E-state index contributed by atoms with van der Waals surface area (Å²) < 4.78 is 34.1. The highest BCUT2D eigenvalue weighted by atomic mass is 32.2. The summed E-state index contributed by atoms with van der Waals surface area (Å²) in [6.07, 6.45) is 1.56. The Bertz CT molecular complexity index is 385. The molecule has 1 aromatic heterocycles. The molecule has 0 saturated heterocycles. The van der Waals surface area contributed by atoms with Gasteiger partial charge in [-0.1, -0.05) is 6.58 Å². The molecular weight excluding hydrogens is 182 g/mol. The molecule has 1 heterocycles. The number of halogens is 1. The minimum Gasteiger partial charge on any atom is -0.223 e. The van der Waals surface area contributed by atoms with Crippen LogP contribution < -0.4 is 0 Å². The molecule has 0 aliphatic rings. The van der Waals surface area contributed by atoms with Crippen molar-refractivity contribution in [3.8, 4) is 0 Å². The van der Waals surface area contributed by atoms with E-state index >= 15 is 0 Å². The molecule has 4 nitrogen and oxygen atoms in total. The van der Waals surface area contributed by atoms with E-state index < -0.39 is 20.8 Å². The standard InChI is InChI=1S/C6H5FN2O2S/c1-2-12(10,11)6-8-3-5(7)4-9-6/h2-4H,1H2/i7-1. The summed E-state index contributed by atoms with van der Waals surface area (Å²) in [7, 11) is -3.64. The molecule has 6 heteroatoms. The van der Waals surface area contributed by atoms with E-state index in [4.69, 9.17) is 0 Å². The highest BCUT2D eigenvalue weighted by Gasteiger charge is 2.12. The third-order valence-corrected chi connectivity index (χ3v) is 2.23. The zero-order valence-electron chi connectivity index (χ0n) is 5.94. The van der Waals surface area contributed by atoms with Crippen LogP contribution in [0, 0.1) is 5.82 Å². The second-order valence-corrected chi connectivity index (χ2v) is 3.68. The van der Waals surface area contributed by atoms with Gasteiger partial charge in [0, 0.05) is 5.41 Å². The molecule has 1 rings (SSSR count). The second-order valence-electron chi connectivity index (χ2n) is 1.90. The molecule has 0 bridgehead atoms. The van der Waals surface area contributed by atoms with Gasteiger partial charge in [0.2, 0.25) is 9.84 Å². The van der Waals surface area contributed by atoms with Gasteiger partial charge in [-0.05, 0) is 0 Å². The maximum atomic E-state index is 12.2. The van der Waals surface area contributed by atoms with Gasteiger partial charge in [0.05, 0.1) is 12.4 Å². The fraction of sp³-hybridized carbons (Fsp3) is 0. The molecule has 0 amide bonds. The highest BCUT2D eigenvalue weighted by Crippen LogP contribution is 2.03. The molecular formula is C6H5FN2O2S. The van der Waals surface area contributed by atoms with Crippen molar-refractivity contribution in [2.24, 2.45) is 0 Å². The molecule has 0 saturated carbocycles. The molecule has 0 unspecified atom stereocenters. The van der Waals surface area contributed by atoms with Crippen molar-refractivity contribution in [3.63, 3.8) is 0 Å². The van der Waals surface area contributed by atoms with Crippen molar-refractivity contribution in [2.45, 2.75) is 5.16 Å². The number of aromatic nitrogens is 2. The maximum Gasteiger partial charge on any atom is 0.251 e. The van der Waals surface area contributed by atoms with Crippen molar-refractivity contribution in [2.75, 3.05) is 0 Å². The number of sulfone groups is 1. The van der Waals surface area contributed by atoms with Gasteiger partial charge >= 0.3 is 0 Å². The SMILES string of the molecule is C=CS(=O)(=O)c1ncc([18F])cn1. The van der Waals surface area contributed by atoms with Crippen molar-refractivity contribution in [3.05, 3.63) is 30.2 Å². The van der Waals surface area contributed by atoms with E-state index in [9.17, 15) is 12.8 Å². The average Bonchev–Trinajstić information content (AvgIpc) is 2.05. The number of hydrogen-bond acceptors (Lipinski definition) is 4. The zero-order chi connectivity index (χ0) is 9.19. The van der Waals surface area contributed by atoms with E-state index in [0.717, 1.165) is 12.4 Å². The lowest BCUT2D eigenvalue weighted by molar-refractivity contribution is 0.582. The van der Waals surface area contributed by atoms with Gasteiger partial charge in [-0.15, -0.1) is 0 Å². The normalized spacial score (nSPS) is 11.1. The molecule has 0 fully saturated rings. The molecule has 0 aliphatic carbocycles. The van der Waals surface area contributed by atoms with Crippen molar-refractivity contribution in [1.29, 1.82) is 0 Å². The summed E-state index contributed by atoms with van der Waals surface area (Å²) in [6.45, 7) is 3.07. The van der Waals surface area contributed by atoms with Gasteiger partial charge in [-0.25, -0.2) is 22.8 Å². The van der Waals surface area contributed by atoms with Crippen LogP contribution in [-0.2, 0) is 9.84 Å². The summed E-state index contributed by atoms with van der Waals surface area (Å²) >= 11 is 0. The molecule has 0 aromatic carbocycles. The Balaban J connectivity index is 3.23. The molecule has 0 atom stereocenters. The van der Waals surface area contributed by atoms with E-state index in [0.29, 0.717) is 5.41 Å². The third kappa shape index (κ3) is 1.65. The van der Waals surface area contributed by atoms with E-state index in [1.54, 1.807) is 0 Å². The number of rotatable bonds is 2. The van der Waals surface area contributed by atoms with Crippen LogP contribution in [0.3, 0.4) is 0 Å². The number of nitrogens with zero attached hydrogens (tertiary/aromatic N) is 2. The van der Waals surface area contributed by atoms with E-state index in [1.165, 1.54) is 0 Å². The monoisotopic (exact) mass is 187 g/mol. The van der Waals surface area contributed by atoms with Crippen LogP contribution in [-0.4, -0.2) is 18.4 Å². The van der Waals surface area contributed by atoms with E-state index in [1.807, 2.05) is 0 Å². The summed E-state index contributed by atoms with van der Waals surface area (Å²) in [4.78, 5) is 6.55. The van der Waals surface area contributed by atoms with Crippen LogP contribution in [0.1, 0.15) is 0 Å². The van der Waals surface area contributed by atoms with Crippen molar-refractivity contribution in [1.82, 2.24) is 9.97 Å². The Hall–Kier alpha value is -1.30. The predicted molar refractivity (Wildman–Crippen MR) is 39.4 cm³/mol. The Morgan fingerprint density at radius 1 is 1.42 bits per heavy atom. The summed E-state index contributed by atoms with van der Waals surface area (Å²) in [5.41, 5.74) is 0. The fourth-order valence-electron chi connectivity index (χ4n) is 0.522. The minimum atomic E-state index is -3.64. The predicted octanol–water partition coefficient (Wildman–Crippen LogP) is 0.533. The first-order chi connectivity index (χ1) is 5.56. The fourth-order valence-corrected chi connectivity index (χ4v) is 1.07. The molecule has 0 spiro atoms. The molecule has 0 aliphatic heterocycles. The first kappa shape index (κ1) is 8.79. The lowest BCUT2D eigenvalue weighted by atomic mass is 10.6. The molecule has 64 valence electrons. The van der Waals surface area contributed by atoms with Crippen LogP contribution in [0.5, 0.6) is 0 Å². The van der Waals surface area contributed by atoms with Gasteiger partial charge in [0.1, 0.15) is 0 Å². The molecule has 0 radical (unpaired) electrons. The first-order valence-corrected chi connectivity index (χ1v) is 4.46. The smallest absolute Gasteiger partial charge is 0.223 e. The number of hydrogen-bond donors (Lipinski definition) is 0. The van der Waals surface area contributed by atoms with Crippen LogP contribution in [0.25, 0.3) is 0 Å². The lowest BCUT2D eigenvalue weighted by Crippen LogP contribution is -2.02. The summed E-state index contributed by atoms with van der Waals surface area (Å²) in [5, 5.41) is 0.263. The van der Waals surface area contributed by atoms with Crippen LogP contribution in [0.2, 0.25) is 0 Å². The topological polar surface area (TPSA) is 59.9 Å². The van der Waals surface area contributed by atoms with Gasteiger partial charge in [-0.3, -0.25) is 0 Å². The van der Waals surface area contributed by atoms with Crippen LogP contribution in [0.4, 0.5) is 4.39 Å². The minimum absolute atomic E-state index is 0.445. The molecule has 0 N–H and O–H groups in total. The highest BCUT2D eigenvalue weighted by molar-refractivity contribution is 7.94. The molecule has 12 heavy (non-hydrogen) atoms. The van der Waals surface area contributed by atoms with E-state index in [-0.39, 0.29) is 0 Å². The van der Waals surface area contributed by atoms with Gasteiger partial charge in [0.25, 0.3) is 5.16 Å². The Morgan fingerprint density at radius 2 is 1.92 bits per heavy atom. The Kier molecular flexibility index (Phi) is 2.18. The first-order valence-electron chi connectivity index (χ1n) is 2.91. The third-order valence-electron chi connectivity index (χ3n) is 1.07. The van der Waals surface area contributed by atoms with Crippen molar-refractivity contribution >= 4 is 9.84 Å². The molecule has 1 aromatic rings. The van der Waals surface area contributed by atoms with Crippen LogP contribution in [0.15, 0.2) is 29.5 Å². The lowest BCUT2D eigenvalue weighted by Gasteiger charge is -1.94. The maximum absolute atomic E-state index is 12.2. The van der Waals surface area contributed by atoms with Gasteiger partial charge in [-0.2, -0.15) is 0 Å². The van der Waals surface area contributed by atoms with E-state index in [2.05, 4.69) is 16.5 Å².